The highest BCUT2D eigenvalue weighted by atomic mass is 15.2. The van der Waals surface area contributed by atoms with Crippen LogP contribution in [0.5, 0.6) is 0 Å². The minimum Gasteiger partial charge on any atom is -0.329 e. The van der Waals surface area contributed by atoms with E-state index in [1.807, 2.05) is 0 Å². The zero-order valence-corrected chi connectivity index (χ0v) is 11.9. The van der Waals surface area contributed by atoms with Crippen LogP contribution in [0.3, 0.4) is 0 Å². The Morgan fingerprint density at radius 2 is 1.89 bits per heavy atom. The lowest BCUT2D eigenvalue weighted by Gasteiger charge is -2.39. The topological polar surface area (TPSA) is 29.3 Å². The standard InChI is InChI=1S/C17H26N2/c18-12-17-16-9-5-4-8-15(16)10-11-19(17)13-14-6-2-1-3-7-14/h4-5,8-9,14,17H,1-3,6-7,10-13,18H2. The van der Waals surface area contributed by atoms with E-state index in [0.29, 0.717) is 6.04 Å². The number of nitrogens with zero attached hydrogens (tertiary/aromatic N) is 1. The van der Waals surface area contributed by atoms with Gasteiger partial charge in [-0.3, -0.25) is 4.90 Å². The van der Waals surface area contributed by atoms with Crippen LogP contribution in [-0.2, 0) is 6.42 Å². The lowest BCUT2D eigenvalue weighted by atomic mass is 9.86. The highest BCUT2D eigenvalue weighted by Crippen LogP contribution is 2.32. The normalized spacial score (nSPS) is 25.2. The average Bonchev–Trinajstić information content (AvgIpc) is 2.48. The van der Waals surface area contributed by atoms with Crippen LogP contribution in [0.15, 0.2) is 24.3 Å². The molecule has 1 aromatic carbocycles. The second-order valence-corrected chi connectivity index (χ2v) is 6.20. The van der Waals surface area contributed by atoms with Crippen LogP contribution in [0.1, 0.15) is 49.3 Å². The van der Waals surface area contributed by atoms with E-state index in [-0.39, 0.29) is 0 Å². The number of nitrogens with two attached hydrogens (primary N) is 1. The van der Waals surface area contributed by atoms with Gasteiger partial charge in [0.25, 0.3) is 0 Å². The van der Waals surface area contributed by atoms with Gasteiger partial charge in [-0.25, -0.2) is 0 Å². The Morgan fingerprint density at radius 3 is 2.68 bits per heavy atom. The van der Waals surface area contributed by atoms with E-state index in [0.717, 1.165) is 12.5 Å². The summed E-state index contributed by atoms with van der Waals surface area (Å²) in [7, 11) is 0. The van der Waals surface area contributed by atoms with E-state index >= 15 is 0 Å². The zero-order valence-electron chi connectivity index (χ0n) is 11.9. The molecule has 1 atom stereocenters. The molecule has 0 spiro atoms. The molecule has 1 heterocycles. The van der Waals surface area contributed by atoms with E-state index in [4.69, 9.17) is 5.73 Å². The maximum atomic E-state index is 6.07. The Balaban J connectivity index is 1.72. The molecule has 1 aromatic rings. The molecule has 1 unspecified atom stereocenters. The van der Waals surface area contributed by atoms with Crippen molar-refractivity contribution in [1.82, 2.24) is 4.90 Å². The Kier molecular flexibility index (Phi) is 4.19. The minimum absolute atomic E-state index is 0.451. The molecule has 2 nitrogen and oxygen atoms in total. The number of benzene rings is 1. The number of fused-ring (bicyclic) bond motifs is 1. The van der Waals surface area contributed by atoms with Gasteiger partial charge in [0.15, 0.2) is 0 Å². The van der Waals surface area contributed by atoms with Crippen molar-refractivity contribution in [2.24, 2.45) is 11.7 Å². The van der Waals surface area contributed by atoms with E-state index in [9.17, 15) is 0 Å². The Morgan fingerprint density at radius 1 is 1.11 bits per heavy atom. The van der Waals surface area contributed by atoms with Gasteiger partial charge in [-0.2, -0.15) is 0 Å². The first-order chi connectivity index (χ1) is 9.38. The van der Waals surface area contributed by atoms with Crippen molar-refractivity contribution in [3.63, 3.8) is 0 Å². The zero-order chi connectivity index (χ0) is 13.1. The van der Waals surface area contributed by atoms with Crippen LogP contribution in [0.2, 0.25) is 0 Å². The fourth-order valence-corrected chi connectivity index (χ4v) is 3.90. The second-order valence-electron chi connectivity index (χ2n) is 6.20. The first-order valence-electron chi connectivity index (χ1n) is 7.90. The third kappa shape index (κ3) is 2.85. The lowest BCUT2D eigenvalue weighted by molar-refractivity contribution is 0.143. The van der Waals surface area contributed by atoms with E-state index < -0.39 is 0 Å². The van der Waals surface area contributed by atoms with Crippen LogP contribution >= 0.6 is 0 Å². The summed E-state index contributed by atoms with van der Waals surface area (Å²) in [6, 6.07) is 9.32. The molecule has 104 valence electrons. The third-order valence-electron chi connectivity index (χ3n) is 4.96. The van der Waals surface area contributed by atoms with Gasteiger partial charge in [-0.1, -0.05) is 43.5 Å². The summed E-state index contributed by atoms with van der Waals surface area (Å²) in [4.78, 5) is 2.65. The number of hydrogen-bond acceptors (Lipinski definition) is 2. The predicted molar refractivity (Wildman–Crippen MR) is 80.1 cm³/mol. The fraction of sp³-hybridized carbons (Fsp3) is 0.647. The summed E-state index contributed by atoms with van der Waals surface area (Å²) < 4.78 is 0. The molecule has 3 rings (SSSR count). The summed E-state index contributed by atoms with van der Waals surface area (Å²) in [6.45, 7) is 3.20. The average molecular weight is 258 g/mol. The van der Waals surface area contributed by atoms with Gasteiger partial charge in [-0.05, 0) is 36.3 Å². The van der Waals surface area contributed by atoms with E-state index in [1.165, 1.54) is 62.7 Å². The van der Waals surface area contributed by atoms with Crippen molar-refractivity contribution >= 4 is 0 Å². The monoisotopic (exact) mass is 258 g/mol. The van der Waals surface area contributed by atoms with Gasteiger partial charge >= 0.3 is 0 Å². The van der Waals surface area contributed by atoms with Crippen molar-refractivity contribution in [1.29, 1.82) is 0 Å². The molecule has 2 aliphatic rings. The molecule has 0 amide bonds. The largest absolute Gasteiger partial charge is 0.329 e. The lowest BCUT2D eigenvalue weighted by Crippen LogP contribution is -2.42. The Labute approximate surface area is 117 Å². The molecule has 1 fully saturated rings. The van der Waals surface area contributed by atoms with E-state index in [2.05, 4.69) is 29.2 Å². The van der Waals surface area contributed by atoms with Crippen LogP contribution in [0.25, 0.3) is 0 Å². The summed E-state index contributed by atoms with van der Waals surface area (Å²) in [5.41, 5.74) is 9.06. The van der Waals surface area contributed by atoms with E-state index in [1.54, 1.807) is 0 Å². The van der Waals surface area contributed by atoms with Crippen molar-refractivity contribution in [3.05, 3.63) is 35.4 Å². The minimum atomic E-state index is 0.451. The molecule has 1 aliphatic carbocycles. The summed E-state index contributed by atoms with van der Waals surface area (Å²) in [5, 5.41) is 0. The number of hydrogen-bond donors (Lipinski definition) is 1. The van der Waals surface area contributed by atoms with Crippen molar-refractivity contribution in [2.45, 2.75) is 44.6 Å². The molecule has 1 saturated carbocycles. The van der Waals surface area contributed by atoms with Crippen LogP contribution in [-0.4, -0.2) is 24.5 Å². The van der Waals surface area contributed by atoms with Crippen molar-refractivity contribution in [2.75, 3.05) is 19.6 Å². The predicted octanol–water partition coefficient (Wildman–Crippen LogP) is 3.12. The van der Waals surface area contributed by atoms with Gasteiger partial charge in [0.05, 0.1) is 0 Å². The van der Waals surface area contributed by atoms with Crippen molar-refractivity contribution in [3.8, 4) is 0 Å². The molecular weight excluding hydrogens is 232 g/mol. The molecule has 1 aliphatic heterocycles. The first-order valence-corrected chi connectivity index (χ1v) is 7.90. The molecule has 0 bridgehead atoms. The smallest absolute Gasteiger partial charge is 0.0473 e. The Hall–Kier alpha value is -0.860. The van der Waals surface area contributed by atoms with Gasteiger partial charge in [0.2, 0.25) is 0 Å². The molecule has 2 N–H and O–H groups in total. The first kappa shape index (κ1) is 13.1. The highest BCUT2D eigenvalue weighted by molar-refractivity contribution is 5.32. The molecule has 0 aromatic heterocycles. The molecule has 2 heteroatoms. The third-order valence-corrected chi connectivity index (χ3v) is 4.96. The van der Waals surface area contributed by atoms with Crippen LogP contribution in [0.4, 0.5) is 0 Å². The van der Waals surface area contributed by atoms with Crippen LogP contribution in [0, 0.1) is 5.92 Å². The molecule has 0 saturated heterocycles. The summed E-state index contributed by atoms with van der Waals surface area (Å²) in [5.74, 6) is 0.910. The SMILES string of the molecule is NCC1c2ccccc2CCN1CC1CCCCC1. The van der Waals surface area contributed by atoms with Crippen molar-refractivity contribution < 1.29 is 0 Å². The maximum Gasteiger partial charge on any atom is 0.0473 e. The molecular formula is C17H26N2. The summed E-state index contributed by atoms with van der Waals surface area (Å²) in [6.07, 6.45) is 8.36. The van der Waals surface area contributed by atoms with Crippen LogP contribution < -0.4 is 5.73 Å². The quantitative estimate of drug-likeness (QED) is 0.902. The highest BCUT2D eigenvalue weighted by Gasteiger charge is 2.28. The summed E-state index contributed by atoms with van der Waals surface area (Å²) >= 11 is 0. The molecule has 19 heavy (non-hydrogen) atoms. The maximum absolute atomic E-state index is 6.07. The molecule has 0 radical (unpaired) electrons. The fourth-order valence-electron chi connectivity index (χ4n) is 3.90. The second kappa shape index (κ2) is 6.06. The van der Waals surface area contributed by atoms with Gasteiger partial charge in [0.1, 0.15) is 0 Å². The van der Waals surface area contributed by atoms with Gasteiger partial charge in [-0.15, -0.1) is 0 Å². The Bertz CT molecular complexity index is 409. The number of rotatable bonds is 3. The van der Waals surface area contributed by atoms with Gasteiger partial charge in [0, 0.05) is 25.7 Å². The van der Waals surface area contributed by atoms with Gasteiger partial charge < -0.3 is 5.73 Å².